The molecule has 18 heavy (non-hydrogen) atoms. The summed E-state index contributed by atoms with van der Waals surface area (Å²) in [5.74, 6) is 0.724. The van der Waals surface area contributed by atoms with Crippen LogP contribution in [-0.4, -0.2) is 16.2 Å². The van der Waals surface area contributed by atoms with Gasteiger partial charge in [-0.2, -0.15) is 5.10 Å². The van der Waals surface area contributed by atoms with E-state index in [0.29, 0.717) is 0 Å². The first-order valence-corrected chi connectivity index (χ1v) is 6.34. The van der Waals surface area contributed by atoms with Gasteiger partial charge >= 0.3 is 0 Å². The first-order chi connectivity index (χ1) is 8.92. The summed E-state index contributed by atoms with van der Waals surface area (Å²) in [6.45, 7) is 0. The lowest BCUT2D eigenvalue weighted by Crippen LogP contribution is -1.93. The van der Waals surface area contributed by atoms with Gasteiger partial charge in [-0.3, -0.25) is 5.43 Å². The first kappa shape index (κ1) is 10.9. The van der Waals surface area contributed by atoms with E-state index in [2.05, 4.69) is 20.5 Å². The van der Waals surface area contributed by atoms with Gasteiger partial charge in [0.1, 0.15) is 10.8 Å². The molecule has 88 valence electrons. The number of para-hydroxylation sites is 1. The van der Waals surface area contributed by atoms with E-state index in [1.54, 1.807) is 12.4 Å². The number of fused-ring (bicyclic) bond motifs is 1. The average molecular weight is 254 g/mol. The summed E-state index contributed by atoms with van der Waals surface area (Å²) in [5, 5.41) is 8.00. The van der Waals surface area contributed by atoms with Crippen LogP contribution in [0.4, 0.5) is 5.82 Å². The van der Waals surface area contributed by atoms with Gasteiger partial charge in [0.25, 0.3) is 0 Å². The Morgan fingerprint density at radius 2 is 2.11 bits per heavy atom. The van der Waals surface area contributed by atoms with Gasteiger partial charge in [0.2, 0.25) is 0 Å². The second kappa shape index (κ2) is 4.93. The molecule has 2 heterocycles. The van der Waals surface area contributed by atoms with E-state index < -0.39 is 0 Å². The molecular weight excluding hydrogens is 244 g/mol. The van der Waals surface area contributed by atoms with Crippen molar-refractivity contribution in [3.05, 3.63) is 53.0 Å². The molecule has 0 bridgehead atoms. The van der Waals surface area contributed by atoms with E-state index in [4.69, 9.17) is 0 Å². The molecule has 0 aliphatic carbocycles. The number of thiazole rings is 1. The molecule has 2 aromatic heterocycles. The van der Waals surface area contributed by atoms with Gasteiger partial charge in [0, 0.05) is 17.0 Å². The summed E-state index contributed by atoms with van der Waals surface area (Å²) < 4.78 is 0. The number of benzene rings is 1. The molecule has 0 atom stereocenters. The van der Waals surface area contributed by atoms with Crippen LogP contribution >= 0.6 is 11.3 Å². The van der Waals surface area contributed by atoms with Crippen LogP contribution in [-0.2, 0) is 0 Å². The standard InChI is InChI=1S/C13H10N4S/c1-2-4-11-10(3-1)5-6-12(16-11)17-15-9-13-14-7-8-18-13/h1-9H,(H,16,17). The predicted octanol–water partition coefficient (Wildman–Crippen LogP) is 3.14. The van der Waals surface area contributed by atoms with Crippen LogP contribution in [0.2, 0.25) is 0 Å². The lowest BCUT2D eigenvalue weighted by atomic mass is 10.2. The summed E-state index contributed by atoms with van der Waals surface area (Å²) in [7, 11) is 0. The van der Waals surface area contributed by atoms with Gasteiger partial charge in [-0.25, -0.2) is 9.97 Å². The molecule has 1 aromatic carbocycles. The molecule has 0 saturated heterocycles. The number of nitrogens with zero attached hydrogens (tertiary/aromatic N) is 3. The van der Waals surface area contributed by atoms with Gasteiger partial charge in [0.05, 0.1) is 11.7 Å². The Hall–Kier alpha value is -2.27. The first-order valence-electron chi connectivity index (χ1n) is 5.46. The number of pyridine rings is 1. The van der Waals surface area contributed by atoms with Crippen molar-refractivity contribution in [3.63, 3.8) is 0 Å². The summed E-state index contributed by atoms with van der Waals surface area (Å²) in [6, 6.07) is 11.9. The highest BCUT2D eigenvalue weighted by Gasteiger charge is 1.95. The normalized spacial score (nSPS) is 11.1. The summed E-state index contributed by atoms with van der Waals surface area (Å²) in [5.41, 5.74) is 3.85. The quantitative estimate of drug-likeness (QED) is 0.577. The largest absolute Gasteiger partial charge is 0.261 e. The molecule has 1 N–H and O–H groups in total. The van der Waals surface area contributed by atoms with Crippen LogP contribution in [0.25, 0.3) is 10.9 Å². The predicted molar refractivity (Wildman–Crippen MR) is 75.1 cm³/mol. The fourth-order valence-corrected chi connectivity index (χ4v) is 2.08. The highest BCUT2D eigenvalue weighted by molar-refractivity contribution is 7.11. The molecule has 0 amide bonds. The number of anilines is 1. The second-order valence-corrected chi connectivity index (χ2v) is 4.56. The smallest absolute Gasteiger partial charge is 0.146 e. The number of rotatable bonds is 3. The zero-order chi connectivity index (χ0) is 12.2. The Balaban J connectivity index is 1.78. The Morgan fingerprint density at radius 3 is 3.00 bits per heavy atom. The van der Waals surface area contributed by atoms with E-state index in [1.807, 2.05) is 41.8 Å². The zero-order valence-corrected chi connectivity index (χ0v) is 10.3. The monoisotopic (exact) mass is 254 g/mol. The summed E-state index contributed by atoms with van der Waals surface area (Å²) in [6.07, 6.45) is 3.43. The fourth-order valence-electron chi connectivity index (χ4n) is 1.58. The minimum Gasteiger partial charge on any atom is -0.261 e. The van der Waals surface area contributed by atoms with Gasteiger partial charge in [-0.15, -0.1) is 11.3 Å². The number of aromatic nitrogens is 2. The van der Waals surface area contributed by atoms with Gasteiger partial charge in [0.15, 0.2) is 0 Å². The van der Waals surface area contributed by atoms with E-state index in [1.165, 1.54) is 11.3 Å². The lowest BCUT2D eigenvalue weighted by Gasteiger charge is -2.01. The van der Waals surface area contributed by atoms with Crippen molar-refractivity contribution in [3.8, 4) is 0 Å². The molecule has 0 aliphatic heterocycles. The molecule has 5 heteroatoms. The van der Waals surface area contributed by atoms with Crippen LogP contribution < -0.4 is 5.43 Å². The van der Waals surface area contributed by atoms with Crippen LogP contribution in [0.3, 0.4) is 0 Å². The maximum Gasteiger partial charge on any atom is 0.146 e. The average Bonchev–Trinajstić information content (AvgIpc) is 2.92. The topological polar surface area (TPSA) is 50.2 Å². The van der Waals surface area contributed by atoms with Crippen LogP contribution in [0.1, 0.15) is 5.01 Å². The maximum atomic E-state index is 4.45. The van der Waals surface area contributed by atoms with Crippen molar-refractivity contribution in [1.82, 2.24) is 9.97 Å². The van der Waals surface area contributed by atoms with E-state index in [-0.39, 0.29) is 0 Å². The molecule has 0 unspecified atom stereocenters. The SMILES string of the molecule is C(=NNc1ccc2ccccc2n1)c1nccs1. The molecular formula is C13H10N4S. The number of nitrogens with one attached hydrogen (secondary N) is 1. The Kier molecular flexibility index (Phi) is 2.97. The molecule has 0 fully saturated rings. The van der Waals surface area contributed by atoms with E-state index >= 15 is 0 Å². The van der Waals surface area contributed by atoms with Gasteiger partial charge in [-0.1, -0.05) is 18.2 Å². The Labute approximate surface area is 108 Å². The molecule has 0 radical (unpaired) electrons. The lowest BCUT2D eigenvalue weighted by molar-refractivity contribution is 1.26. The number of hydrogen-bond donors (Lipinski definition) is 1. The molecule has 4 nitrogen and oxygen atoms in total. The zero-order valence-electron chi connectivity index (χ0n) is 9.45. The Morgan fingerprint density at radius 1 is 1.17 bits per heavy atom. The van der Waals surface area contributed by atoms with Crippen LogP contribution in [0, 0.1) is 0 Å². The van der Waals surface area contributed by atoms with Crippen molar-refractivity contribution >= 4 is 34.3 Å². The van der Waals surface area contributed by atoms with Crippen LogP contribution in [0.5, 0.6) is 0 Å². The molecule has 0 saturated carbocycles. The third-order valence-electron chi connectivity index (χ3n) is 2.40. The van der Waals surface area contributed by atoms with Crippen molar-refractivity contribution < 1.29 is 0 Å². The van der Waals surface area contributed by atoms with Crippen molar-refractivity contribution in [2.75, 3.05) is 5.43 Å². The maximum absolute atomic E-state index is 4.45. The minimum absolute atomic E-state index is 0.724. The summed E-state index contributed by atoms with van der Waals surface area (Å²) in [4.78, 5) is 8.56. The minimum atomic E-state index is 0.724. The van der Waals surface area contributed by atoms with Crippen molar-refractivity contribution in [1.29, 1.82) is 0 Å². The number of hydrogen-bond acceptors (Lipinski definition) is 5. The van der Waals surface area contributed by atoms with Gasteiger partial charge in [-0.05, 0) is 18.2 Å². The van der Waals surface area contributed by atoms with E-state index in [9.17, 15) is 0 Å². The number of hydrazone groups is 1. The molecule has 0 aliphatic rings. The molecule has 3 aromatic rings. The second-order valence-electron chi connectivity index (χ2n) is 3.63. The summed E-state index contributed by atoms with van der Waals surface area (Å²) >= 11 is 1.54. The highest BCUT2D eigenvalue weighted by atomic mass is 32.1. The van der Waals surface area contributed by atoms with Crippen molar-refractivity contribution in [2.24, 2.45) is 5.10 Å². The van der Waals surface area contributed by atoms with Gasteiger partial charge < -0.3 is 0 Å². The van der Waals surface area contributed by atoms with Crippen LogP contribution in [0.15, 0.2) is 53.1 Å². The Bertz CT molecular complexity index is 676. The molecule has 3 rings (SSSR count). The highest BCUT2D eigenvalue weighted by Crippen LogP contribution is 2.14. The van der Waals surface area contributed by atoms with E-state index in [0.717, 1.165) is 21.7 Å². The van der Waals surface area contributed by atoms with Crippen molar-refractivity contribution in [2.45, 2.75) is 0 Å². The fraction of sp³-hybridized carbons (Fsp3) is 0. The third-order valence-corrected chi connectivity index (χ3v) is 3.11. The molecule has 0 spiro atoms. The third kappa shape index (κ3) is 2.36.